The second-order valence-corrected chi connectivity index (χ2v) is 6.96. The number of nitrogens with zero attached hydrogens (tertiary/aromatic N) is 1. The normalized spacial score (nSPS) is 23.1. The summed E-state index contributed by atoms with van der Waals surface area (Å²) < 4.78 is 5.27. The fraction of sp³-hybridized carbons (Fsp3) is 0.800. The summed E-state index contributed by atoms with van der Waals surface area (Å²) in [5.41, 5.74) is -1.45. The van der Waals surface area contributed by atoms with Gasteiger partial charge in [0.1, 0.15) is 17.2 Å². The fourth-order valence-electron chi connectivity index (χ4n) is 2.98. The van der Waals surface area contributed by atoms with Gasteiger partial charge in [-0.15, -0.1) is 0 Å². The van der Waals surface area contributed by atoms with Crippen molar-refractivity contribution in [2.75, 3.05) is 0 Å². The molecule has 1 spiro atoms. The van der Waals surface area contributed by atoms with Crippen LogP contribution in [0.2, 0.25) is 0 Å². The third-order valence-corrected chi connectivity index (χ3v) is 4.04. The van der Waals surface area contributed by atoms with Gasteiger partial charge in [0.05, 0.1) is 0 Å². The molecule has 1 atom stereocenters. The van der Waals surface area contributed by atoms with Crippen molar-refractivity contribution < 1.29 is 19.1 Å². The summed E-state index contributed by atoms with van der Waals surface area (Å²) in [7, 11) is 0. The van der Waals surface area contributed by atoms with Crippen molar-refractivity contribution in [1.82, 2.24) is 10.2 Å². The number of hydrogen-bond donors (Lipinski definition) is 1. The molecular formula is C15H24N2O4. The molecule has 2 aliphatic rings. The van der Waals surface area contributed by atoms with E-state index >= 15 is 0 Å². The van der Waals surface area contributed by atoms with Gasteiger partial charge < -0.3 is 10.1 Å². The summed E-state index contributed by atoms with van der Waals surface area (Å²) in [6, 6.07) is -1.39. The number of imide groups is 1. The molecule has 1 N–H and O–H groups in total. The lowest BCUT2D eigenvalue weighted by Gasteiger charge is -2.31. The van der Waals surface area contributed by atoms with E-state index in [9.17, 15) is 14.4 Å². The van der Waals surface area contributed by atoms with E-state index in [1.807, 2.05) is 0 Å². The van der Waals surface area contributed by atoms with Crippen molar-refractivity contribution in [2.45, 2.75) is 77.0 Å². The Morgan fingerprint density at radius 2 is 1.81 bits per heavy atom. The summed E-state index contributed by atoms with van der Waals surface area (Å²) in [5, 5.41) is 2.80. The smallest absolute Gasteiger partial charge is 0.329 e. The largest absolute Gasteiger partial charge is 0.458 e. The second kappa shape index (κ2) is 5.31. The SMILES string of the molecule is CC(C(=O)OC(C)(C)C)N1C(=O)NC2(CCCCC2)C1=O. The first-order valence-electron chi connectivity index (χ1n) is 7.55. The Balaban J connectivity index is 2.14. The number of hydrogen-bond acceptors (Lipinski definition) is 4. The molecule has 1 saturated heterocycles. The van der Waals surface area contributed by atoms with Gasteiger partial charge in [0.15, 0.2) is 0 Å². The van der Waals surface area contributed by atoms with Crippen molar-refractivity contribution in [3.63, 3.8) is 0 Å². The lowest BCUT2D eigenvalue weighted by atomic mass is 9.81. The Morgan fingerprint density at radius 3 is 2.33 bits per heavy atom. The predicted molar refractivity (Wildman–Crippen MR) is 76.5 cm³/mol. The quantitative estimate of drug-likeness (QED) is 0.624. The molecule has 1 aliphatic carbocycles. The standard InChI is InChI=1S/C15H24N2O4/c1-10(11(18)21-14(2,3)4)17-12(19)15(16-13(17)20)8-6-5-7-9-15/h10H,5-9H2,1-4H3,(H,16,20). The molecule has 0 aromatic heterocycles. The Kier molecular flexibility index (Phi) is 4.00. The fourth-order valence-corrected chi connectivity index (χ4v) is 2.98. The van der Waals surface area contributed by atoms with Gasteiger partial charge in [0.2, 0.25) is 0 Å². The first kappa shape index (κ1) is 15.8. The van der Waals surface area contributed by atoms with Gasteiger partial charge in [0, 0.05) is 0 Å². The van der Waals surface area contributed by atoms with Crippen molar-refractivity contribution in [3.8, 4) is 0 Å². The Morgan fingerprint density at radius 1 is 1.24 bits per heavy atom. The monoisotopic (exact) mass is 296 g/mol. The van der Waals surface area contributed by atoms with Gasteiger partial charge in [-0.25, -0.2) is 14.5 Å². The summed E-state index contributed by atoms with van der Waals surface area (Å²) >= 11 is 0. The minimum absolute atomic E-state index is 0.287. The number of carbonyl (C=O) groups is 3. The number of esters is 1. The predicted octanol–water partition coefficient (Wildman–Crippen LogP) is 1.97. The summed E-state index contributed by atoms with van der Waals surface area (Å²) in [5.74, 6) is -0.843. The Hall–Kier alpha value is -1.59. The van der Waals surface area contributed by atoms with Gasteiger partial charge in [-0.05, 0) is 40.5 Å². The molecule has 0 radical (unpaired) electrons. The lowest BCUT2D eigenvalue weighted by molar-refractivity contribution is -0.162. The van der Waals surface area contributed by atoms with E-state index in [1.54, 1.807) is 20.8 Å². The highest BCUT2D eigenvalue weighted by Crippen LogP contribution is 2.34. The van der Waals surface area contributed by atoms with E-state index < -0.39 is 29.2 Å². The molecule has 6 heteroatoms. The first-order chi connectivity index (χ1) is 9.66. The highest BCUT2D eigenvalue weighted by atomic mass is 16.6. The van der Waals surface area contributed by atoms with Crippen LogP contribution < -0.4 is 5.32 Å². The number of amides is 3. The van der Waals surface area contributed by atoms with Crippen LogP contribution in [0.3, 0.4) is 0 Å². The zero-order valence-electron chi connectivity index (χ0n) is 13.2. The van der Waals surface area contributed by atoms with Crippen LogP contribution in [0.25, 0.3) is 0 Å². The molecule has 1 heterocycles. The lowest BCUT2D eigenvalue weighted by Crippen LogP contribution is -2.50. The van der Waals surface area contributed by atoms with Crippen LogP contribution in [0.5, 0.6) is 0 Å². The molecule has 1 aliphatic heterocycles. The van der Waals surface area contributed by atoms with Crippen molar-refractivity contribution in [2.24, 2.45) is 0 Å². The molecule has 1 unspecified atom stereocenters. The van der Waals surface area contributed by atoms with Crippen LogP contribution in [0.15, 0.2) is 0 Å². The molecule has 0 aromatic rings. The highest BCUT2D eigenvalue weighted by Gasteiger charge is 2.54. The summed E-state index contributed by atoms with van der Waals surface area (Å²) in [4.78, 5) is 37.9. The Bertz CT molecular complexity index is 461. The summed E-state index contributed by atoms with van der Waals surface area (Å²) in [6.45, 7) is 6.80. The topological polar surface area (TPSA) is 75.7 Å². The van der Waals surface area contributed by atoms with Crippen LogP contribution in [0, 0.1) is 0 Å². The zero-order chi connectivity index (χ0) is 15.8. The van der Waals surface area contributed by atoms with Gasteiger partial charge in [0.25, 0.3) is 5.91 Å². The van der Waals surface area contributed by atoms with Crippen molar-refractivity contribution in [3.05, 3.63) is 0 Å². The van der Waals surface area contributed by atoms with E-state index in [4.69, 9.17) is 4.74 Å². The maximum atomic E-state index is 12.6. The van der Waals surface area contributed by atoms with E-state index in [2.05, 4.69) is 5.32 Å². The average molecular weight is 296 g/mol. The number of ether oxygens (including phenoxy) is 1. The third-order valence-electron chi connectivity index (χ3n) is 4.04. The van der Waals surface area contributed by atoms with E-state index in [0.717, 1.165) is 24.2 Å². The molecule has 21 heavy (non-hydrogen) atoms. The van der Waals surface area contributed by atoms with Crippen LogP contribution in [-0.2, 0) is 14.3 Å². The van der Waals surface area contributed by atoms with Gasteiger partial charge in [-0.2, -0.15) is 0 Å². The molecule has 1 saturated carbocycles. The molecule has 2 rings (SSSR count). The molecule has 3 amide bonds. The molecular weight excluding hydrogens is 272 g/mol. The van der Waals surface area contributed by atoms with Crippen molar-refractivity contribution in [1.29, 1.82) is 0 Å². The average Bonchev–Trinajstić information content (AvgIpc) is 2.59. The van der Waals surface area contributed by atoms with Crippen LogP contribution in [-0.4, -0.2) is 40.0 Å². The van der Waals surface area contributed by atoms with E-state index in [-0.39, 0.29) is 5.91 Å². The number of nitrogens with one attached hydrogen (secondary N) is 1. The van der Waals surface area contributed by atoms with Crippen LogP contribution in [0.1, 0.15) is 59.8 Å². The molecule has 0 bridgehead atoms. The van der Waals surface area contributed by atoms with Crippen molar-refractivity contribution >= 4 is 17.9 Å². The number of carbonyl (C=O) groups excluding carboxylic acids is 3. The molecule has 6 nitrogen and oxygen atoms in total. The molecule has 0 aromatic carbocycles. The van der Waals surface area contributed by atoms with Gasteiger partial charge >= 0.3 is 12.0 Å². The van der Waals surface area contributed by atoms with Gasteiger partial charge in [-0.3, -0.25) is 4.79 Å². The zero-order valence-corrected chi connectivity index (χ0v) is 13.2. The van der Waals surface area contributed by atoms with Gasteiger partial charge in [-0.1, -0.05) is 19.3 Å². The summed E-state index contributed by atoms with van der Waals surface area (Å²) in [6.07, 6.45) is 4.21. The molecule has 118 valence electrons. The van der Waals surface area contributed by atoms with E-state index in [0.29, 0.717) is 12.8 Å². The maximum Gasteiger partial charge on any atom is 0.329 e. The van der Waals surface area contributed by atoms with Crippen LogP contribution >= 0.6 is 0 Å². The number of urea groups is 1. The third kappa shape index (κ3) is 3.04. The second-order valence-electron chi connectivity index (χ2n) is 6.96. The maximum absolute atomic E-state index is 12.6. The highest BCUT2D eigenvalue weighted by molar-refractivity contribution is 6.09. The first-order valence-corrected chi connectivity index (χ1v) is 7.55. The van der Waals surface area contributed by atoms with E-state index in [1.165, 1.54) is 6.92 Å². The minimum Gasteiger partial charge on any atom is -0.458 e. The number of rotatable bonds is 2. The Labute approximate surface area is 125 Å². The van der Waals surface area contributed by atoms with Crippen LogP contribution in [0.4, 0.5) is 4.79 Å². The molecule has 2 fully saturated rings. The minimum atomic E-state index is -0.905.